The van der Waals surface area contributed by atoms with Crippen molar-refractivity contribution in [3.05, 3.63) is 94.0 Å². The first kappa shape index (κ1) is 20.1. The number of benzene rings is 3. The van der Waals surface area contributed by atoms with Crippen LogP contribution in [0, 0.1) is 21.4 Å². The summed E-state index contributed by atoms with van der Waals surface area (Å²) < 4.78 is 5.78. The van der Waals surface area contributed by atoms with E-state index in [1.165, 1.54) is 12.1 Å². The highest BCUT2D eigenvalue weighted by atomic mass is 16.6. The molecular weight excluding hydrogens is 386 g/mol. The van der Waals surface area contributed by atoms with Crippen molar-refractivity contribution >= 4 is 23.4 Å². The fourth-order valence-corrected chi connectivity index (χ4v) is 2.56. The lowest BCUT2D eigenvalue weighted by atomic mass is 10.1. The lowest BCUT2D eigenvalue weighted by Gasteiger charge is -2.12. The molecule has 0 spiro atoms. The van der Waals surface area contributed by atoms with Crippen LogP contribution in [0.5, 0.6) is 17.2 Å². The van der Waals surface area contributed by atoms with Crippen LogP contribution in [0.25, 0.3) is 6.08 Å². The van der Waals surface area contributed by atoms with Crippen molar-refractivity contribution in [3.8, 4) is 23.3 Å². The van der Waals surface area contributed by atoms with Crippen molar-refractivity contribution < 1.29 is 19.6 Å². The molecule has 0 saturated heterocycles. The first-order chi connectivity index (χ1) is 14.5. The molecule has 3 rings (SSSR count). The number of nitro groups is 1. The first-order valence-corrected chi connectivity index (χ1v) is 8.70. The Balaban J connectivity index is 1.85. The van der Waals surface area contributed by atoms with Gasteiger partial charge < -0.3 is 15.2 Å². The van der Waals surface area contributed by atoms with E-state index in [0.29, 0.717) is 17.2 Å². The van der Waals surface area contributed by atoms with Crippen LogP contribution in [0.1, 0.15) is 5.56 Å². The van der Waals surface area contributed by atoms with E-state index in [1.54, 1.807) is 42.5 Å². The van der Waals surface area contributed by atoms with Crippen LogP contribution in [0.15, 0.2) is 78.4 Å². The van der Waals surface area contributed by atoms with Gasteiger partial charge in [0.15, 0.2) is 11.5 Å². The second-order valence-corrected chi connectivity index (χ2v) is 6.04. The lowest BCUT2D eigenvalue weighted by molar-refractivity contribution is -0.385. The highest BCUT2D eigenvalue weighted by Crippen LogP contribution is 2.30. The summed E-state index contributed by atoms with van der Waals surface area (Å²) in [7, 11) is 0. The van der Waals surface area contributed by atoms with E-state index in [0.717, 1.165) is 12.1 Å². The number of nitro benzene ring substituents is 1. The lowest BCUT2D eigenvalue weighted by Crippen LogP contribution is -2.14. The number of ether oxygens (including phenoxy) is 1. The third kappa shape index (κ3) is 4.79. The number of hydrogen-bond donors (Lipinski definition) is 2. The number of nitrogens with zero attached hydrogens (tertiary/aromatic N) is 2. The molecule has 0 saturated carbocycles. The van der Waals surface area contributed by atoms with Gasteiger partial charge in [0.05, 0.1) is 10.6 Å². The summed E-state index contributed by atoms with van der Waals surface area (Å²) in [5.74, 6) is -0.259. The molecule has 0 heterocycles. The Kier molecular flexibility index (Phi) is 6.05. The van der Waals surface area contributed by atoms with E-state index in [1.807, 2.05) is 18.2 Å². The van der Waals surface area contributed by atoms with Gasteiger partial charge in [0, 0.05) is 6.07 Å². The van der Waals surface area contributed by atoms with E-state index in [4.69, 9.17) is 4.74 Å². The molecule has 3 aromatic rings. The van der Waals surface area contributed by atoms with Gasteiger partial charge in [0.25, 0.3) is 5.91 Å². The largest absolute Gasteiger partial charge is 0.502 e. The van der Waals surface area contributed by atoms with Crippen molar-refractivity contribution in [1.82, 2.24) is 0 Å². The standard InChI is InChI=1S/C22H15N3O5/c23-14-16(12-15-10-11-20(26)19(13-15)25(28)29)22(27)24-18-8-4-5-9-21(18)30-17-6-2-1-3-7-17/h1-13,26H,(H,24,27)/b16-12+. The van der Waals surface area contributed by atoms with Gasteiger partial charge in [0.2, 0.25) is 0 Å². The number of para-hydroxylation sites is 3. The summed E-state index contributed by atoms with van der Waals surface area (Å²) in [6, 6.07) is 21.1. The molecule has 3 aromatic carbocycles. The third-order valence-corrected chi connectivity index (χ3v) is 3.98. The van der Waals surface area contributed by atoms with Crippen molar-refractivity contribution in [3.63, 3.8) is 0 Å². The van der Waals surface area contributed by atoms with Crippen molar-refractivity contribution in [2.45, 2.75) is 0 Å². The van der Waals surface area contributed by atoms with Gasteiger partial charge in [-0.2, -0.15) is 5.26 Å². The van der Waals surface area contributed by atoms with Crippen LogP contribution >= 0.6 is 0 Å². The molecule has 0 aliphatic rings. The molecule has 2 N–H and O–H groups in total. The molecule has 0 aromatic heterocycles. The normalized spacial score (nSPS) is 10.7. The predicted molar refractivity (Wildman–Crippen MR) is 110 cm³/mol. The van der Waals surface area contributed by atoms with Crippen LogP contribution in [0.4, 0.5) is 11.4 Å². The van der Waals surface area contributed by atoms with Crippen LogP contribution < -0.4 is 10.1 Å². The fourth-order valence-electron chi connectivity index (χ4n) is 2.56. The van der Waals surface area contributed by atoms with Crippen LogP contribution in [0.3, 0.4) is 0 Å². The van der Waals surface area contributed by atoms with Gasteiger partial charge in [-0.25, -0.2) is 0 Å². The molecule has 0 radical (unpaired) electrons. The number of anilines is 1. The Morgan fingerprint density at radius 3 is 2.50 bits per heavy atom. The smallest absolute Gasteiger partial charge is 0.311 e. The molecule has 8 nitrogen and oxygen atoms in total. The zero-order chi connectivity index (χ0) is 21.5. The predicted octanol–water partition coefficient (Wildman–Crippen LogP) is 4.64. The Labute approximate surface area is 171 Å². The molecular formula is C22H15N3O5. The number of phenols is 1. The van der Waals surface area contributed by atoms with Gasteiger partial charge >= 0.3 is 5.69 Å². The highest BCUT2D eigenvalue weighted by molar-refractivity contribution is 6.10. The second-order valence-electron chi connectivity index (χ2n) is 6.04. The Morgan fingerprint density at radius 1 is 1.10 bits per heavy atom. The first-order valence-electron chi connectivity index (χ1n) is 8.70. The van der Waals surface area contributed by atoms with Gasteiger partial charge in [-0.3, -0.25) is 14.9 Å². The summed E-state index contributed by atoms with van der Waals surface area (Å²) in [6.07, 6.45) is 1.20. The van der Waals surface area contributed by atoms with Crippen LogP contribution in [-0.4, -0.2) is 15.9 Å². The number of hydrogen-bond acceptors (Lipinski definition) is 6. The summed E-state index contributed by atoms with van der Waals surface area (Å²) in [5, 5.41) is 32.5. The monoisotopic (exact) mass is 401 g/mol. The maximum atomic E-state index is 12.6. The molecule has 30 heavy (non-hydrogen) atoms. The number of nitrogens with one attached hydrogen (secondary N) is 1. The zero-order valence-corrected chi connectivity index (χ0v) is 15.5. The summed E-state index contributed by atoms with van der Waals surface area (Å²) in [6.45, 7) is 0. The summed E-state index contributed by atoms with van der Waals surface area (Å²) in [4.78, 5) is 22.8. The van der Waals surface area contributed by atoms with E-state index >= 15 is 0 Å². The van der Waals surface area contributed by atoms with Crippen molar-refractivity contribution in [2.75, 3.05) is 5.32 Å². The molecule has 0 atom stereocenters. The Morgan fingerprint density at radius 2 is 1.80 bits per heavy atom. The van der Waals surface area contributed by atoms with E-state index in [-0.39, 0.29) is 11.1 Å². The summed E-state index contributed by atoms with van der Waals surface area (Å²) >= 11 is 0. The number of carbonyl (C=O) groups is 1. The van der Waals surface area contributed by atoms with Crippen molar-refractivity contribution in [2.24, 2.45) is 0 Å². The second kappa shape index (κ2) is 9.03. The molecule has 1 amide bonds. The molecule has 0 aliphatic carbocycles. The number of carbonyl (C=O) groups excluding carboxylic acids is 1. The number of aromatic hydroxyl groups is 1. The third-order valence-electron chi connectivity index (χ3n) is 3.98. The van der Waals surface area contributed by atoms with Gasteiger partial charge in [-0.05, 0) is 42.0 Å². The van der Waals surface area contributed by atoms with Gasteiger partial charge in [-0.15, -0.1) is 0 Å². The molecule has 0 bridgehead atoms. The SMILES string of the molecule is N#C/C(=C\c1ccc(O)c([N+](=O)[O-])c1)C(=O)Nc1ccccc1Oc1ccccc1. The van der Waals surface area contributed by atoms with E-state index in [2.05, 4.69) is 5.32 Å². The van der Waals surface area contributed by atoms with E-state index < -0.39 is 22.3 Å². The Bertz CT molecular complexity index is 1170. The molecule has 0 unspecified atom stereocenters. The average molecular weight is 401 g/mol. The fraction of sp³-hybridized carbons (Fsp3) is 0. The molecule has 8 heteroatoms. The molecule has 0 fully saturated rings. The zero-order valence-electron chi connectivity index (χ0n) is 15.5. The maximum Gasteiger partial charge on any atom is 0.311 e. The molecule has 0 aliphatic heterocycles. The highest BCUT2D eigenvalue weighted by Gasteiger charge is 2.16. The minimum Gasteiger partial charge on any atom is -0.502 e. The number of phenolic OH excluding ortho intramolecular Hbond substituents is 1. The van der Waals surface area contributed by atoms with E-state index in [9.17, 15) is 25.3 Å². The number of amides is 1. The minimum atomic E-state index is -0.754. The summed E-state index contributed by atoms with van der Waals surface area (Å²) in [5.41, 5.74) is -0.225. The molecule has 148 valence electrons. The van der Waals surface area contributed by atoms with Crippen LogP contribution in [-0.2, 0) is 4.79 Å². The van der Waals surface area contributed by atoms with Gasteiger partial charge in [0.1, 0.15) is 17.4 Å². The maximum absolute atomic E-state index is 12.6. The van der Waals surface area contributed by atoms with Gasteiger partial charge in [-0.1, -0.05) is 36.4 Å². The minimum absolute atomic E-state index is 0.222. The van der Waals surface area contributed by atoms with Crippen molar-refractivity contribution in [1.29, 1.82) is 5.26 Å². The average Bonchev–Trinajstić information content (AvgIpc) is 2.75. The Hall–Kier alpha value is -4.64. The number of nitriles is 1. The number of rotatable bonds is 6. The topological polar surface area (TPSA) is 125 Å². The quantitative estimate of drug-likeness (QED) is 0.268. The van der Waals surface area contributed by atoms with Crippen LogP contribution in [0.2, 0.25) is 0 Å².